The van der Waals surface area contributed by atoms with Crippen LogP contribution in [0.1, 0.15) is 28.8 Å². The molecule has 0 saturated carbocycles. The highest BCUT2D eigenvalue weighted by Gasteiger charge is 2.07. The quantitative estimate of drug-likeness (QED) is 0.783. The van der Waals surface area contributed by atoms with E-state index in [9.17, 15) is 13.8 Å². The minimum atomic E-state index is -1.17. The van der Waals surface area contributed by atoms with Crippen LogP contribution >= 0.6 is 0 Å². The second-order valence-corrected chi connectivity index (χ2v) is 5.37. The summed E-state index contributed by atoms with van der Waals surface area (Å²) in [5, 5.41) is 17.3. The molecule has 0 radical (unpaired) electrons. The van der Waals surface area contributed by atoms with Crippen molar-refractivity contribution in [2.24, 2.45) is 0 Å². The molecule has 0 aliphatic heterocycles. The molecule has 1 aromatic rings. The Morgan fingerprint density at radius 3 is 2.56 bits per heavy atom. The largest absolute Gasteiger partial charge is 0.481 e. The van der Waals surface area contributed by atoms with Gasteiger partial charge in [0.2, 0.25) is 0 Å². The van der Waals surface area contributed by atoms with Crippen molar-refractivity contribution < 1.29 is 24.0 Å². The summed E-state index contributed by atoms with van der Waals surface area (Å²) >= 11 is 0. The topological polar surface area (TPSA) is 91.7 Å². The highest BCUT2D eigenvalue weighted by Crippen LogP contribution is 2.09. The van der Waals surface area contributed by atoms with Gasteiger partial charge in [0.15, 0.2) is 0 Å². The van der Waals surface area contributed by atoms with Crippen LogP contribution < -0.4 is 0 Å². The molecule has 2 N–H and O–H groups in total. The van der Waals surface area contributed by atoms with Crippen molar-refractivity contribution in [3.05, 3.63) is 35.4 Å². The molecule has 1 unspecified atom stereocenters. The molecule has 5 nitrogen and oxygen atoms in total. The van der Waals surface area contributed by atoms with Crippen molar-refractivity contribution in [1.82, 2.24) is 0 Å². The molecule has 0 saturated heterocycles. The summed E-state index contributed by atoms with van der Waals surface area (Å²) in [6.45, 7) is 0. The van der Waals surface area contributed by atoms with E-state index < -0.39 is 22.7 Å². The Kier molecular flexibility index (Phi) is 5.51. The third kappa shape index (κ3) is 5.09. The first kappa shape index (κ1) is 14.4. The van der Waals surface area contributed by atoms with Gasteiger partial charge in [-0.3, -0.25) is 9.00 Å². The van der Waals surface area contributed by atoms with Gasteiger partial charge in [0.05, 0.1) is 5.56 Å². The predicted molar refractivity (Wildman–Crippen MR) is 67.0 cm³/mol. The van der Waals surface area contributed by atoms with Crippen molar-refractivity contribution in [3.63, 3.8) is 0 Å². The van der Waals surface area contributed by atoms with E-state index in [1.54, 1.807) is 12.1 Å². The molecule has 1 aromatic carbocycles. The zero-order valence-corrected chi connectivity index (χ0v) is 10.5. The summed E-state index contributed by atoms with van der Waals surface area (Å²) in [6.07, 6.45) is 0.363. The molecule has 0 bridgehead atoms. The lowest BCUT2D eigenvalue weighted by molar-refractivity contribution is -0.137. The first-order valence-corrected chi connectivity index (χ1v) is 6.87. The number of hydrogen-bond acceptors (Lipinski definition) is 3. The van der Waals surface area contributed by atoms with E-state index in [1.165, 1.54) is 12.1 Å². The number of carbonyl (C=O) groups is 2. The van der Waals surface area contributed by atoms with Gasteiger partial charge < -0.3 is 10.2 Å². The average Bonchev–Trinajstić information content (AvgIpc) is 2.28. The standard InChI is InChI=1S/C12H14O5S/c13-11(14)5-2-6-18(17)8-9-3-1-4-10(7-9)12(15)16/h1,3-4,7H,2,5-6,8H2,(H,13,14)(H,15,16). The molecule has 0 fully saturated rings. The Bertz CT molecular complexity index is 469. The number of benzene rings is 1. The van der Waals surface area contributed by atoms with E-state index in [4.69, 9.17) is 10.2 Å². The van der Waals surface area contributed by atoms with Crippen molar-refractivity contribution in [3.8, 4) is 0 Å². The van der Waals surface area contributed by atoms with Gasteiger partial charge in [-0.25, -0.2) is 4.79 Å². The summed E-state index contributed by atoms with van der Waals surface area (Å²) in [7, 11) is -1.17. The monoisotopic (exact) mass is 270 g/mol. The number of rotatable bonds is 7. The zero-order valence-electron chi connectivity index (χ0n) is 9.67. The van der Waals surface area contributed by atoms with Gasteiger partial charge >= 0.3 is 11.9 Å². The SMILES string of the molecule is O=C(O)CCCS(=O)Cc1cccc(C(=O)O)c1. The number of hydrogen-bond donors (Lipinski definition) is 2. The van der Waals surface area contributed by atoms with E-state index in [0.717, 1.165) is 0 Å². The fraction of sp³-hybridized carbons (Fsp3) is 0.333. The zero-order chi connectivity index (χ0) is 13.5. The van der Waals surface area contributed by atoms with Gasteiger partial charge in [-0.1, -0.05) is 12.1 Å². The van der Waals surface area contributed by atoms with Crippen LogP contribution in [0.4, 0.5) is 0 Å². The first-order valence-electron chi connectivity index (χ1n) is 5.38. The number of aliphatic carboxylic acids is 1. The molecular weight excluding hydrogens is 256 g/mol. The number of carboxylic acid groups (broad SMARTS) is 2. The first-order chi connectivity index (χ1) is 8.49. The van der Waals surface area contributed by atoms with Crippen molar-refractivity contribution in [1.29, 1.82) is 0 Å². The Balaban J connectivity index is 2.51. The molecule has 0 aliphatic carbocycles. The molecule has 0 aromatic heterocycles. The molecule has 0 amide bonds. The molecule has 6 heteroatoms. The van der Waals surface area contributed by atoms with Crippen LogP contribution in [0.25, 0.3) is 0 Å². The van der Waals surface area contributed by atoms with Crippen LogP contribution in [0, 0.1) is 0 Å². The fourth-order valence-electron chi connectivity index (χ4n) is 1.44. The minimum Gasteiger partial charge on any atom is -0.481 e. The molecule has 1 rings (SSSR count). The third-order valence-electron chi connectivity index (χ3n) is 2.26. The Morgan fingerprint density at radius 2 is 1.94 bits per heavy atom. The van der Waals surface area contributed by atoms with Crippen LogP contribution in [0.2, 0.25) is 0 Å². The fourth-order valence-corrected chi connectivity index (χ4v) is 2.60. The summed E-state index contributed by atoms with van der Waals surface area (Å²) in [5.41, 5.74) is 0.846. The van der Waals surface area contributed by atoms with Crippen LogP contribution in [-0.2, 0) is 21.3 Å². The van der Waals surface area contributed by atoms with E-state index in [0.29, 0.717) is 17.7 Å². The maximum Gasteiger partial charge on any atom is 0.335 e. The maximum atomic E-state index is 11.6. The predicted octanol–water partition coefficient (Wildman–Crippen LogP) is 1.50. The Morgan fingerprint density at radius 1 is 1.22 bits per heavy atom. The molecular formula is C12H14O5S. The molecule has 0 heterocycles. The second-order valence-electron chi connectivity index (χ2n) is 3.79. The van der Waals surface area contributed by atoms with Crippen molar-refractivity contribution >= 4 is 22.7 Å². The van der Waals surface area contributed by atoms with Crippen LogP contribution in [-0.4, -0.2) is 32.1 Å². The summed E-state index contributed by atoms with van der Waals surface area (Å²) < 4.78 is 11.6. The maximum absolute atomic E-state index is 11.6. The average molecular weight is 270 g/mol. The summed E-state index contributed by atoms with van der Waals surface area (Å²) in [6, 6.07) is 6.27. The molecule has 1 atom stereocenters. The normalized spacial score (nSPS) is 12.0. The van der Waals surface area contributed by atoms with Gasteiger partial charge in [0.1, 0.15) is 0 Å². The molecule has 98 valence electrons. The Hall–Kier alpha value is -1.69. The van der Waals surface area contributed by atoms with E-state index in [1.807, 2.05) is 0 Å². The smallest absolute Gasteiger partial charge is 0.335 e. The number of carboxylic acids is 2. The van der Waals surface area contributed by atoms with E-state index in [2.05, 4.69) is 0 Å². The van der Waals surface area contributed by atoms with E-state index in [-0.39, 0.29) is 17.7 Å². The minimum absolute atomic E-state index is 0.000898. The number of aromatic carboxylic acids is 1. The van der Waals surface area contributed by atoms with Gasteiger partial charge in [0.25, 0.3) is 0 Å². The molecule has 0 aliphatic rings. The van der Waals surface area contributed by atoms with E-state index >= 15 is 0 Å². The van der Waals surface area contributed by atoms with Crippen LogP contribution in [0.5, 0.6) is 0 Å². The highest BCUT2D eigenvalue weighted by molar-refractivity contribution is 7.84. The second kappa shape index (κ2) is 6.90. The third-order valence-corrected chi connectivity index (χ3v) is 3.66. The van der Waals surface area contributed by atoms with Crippen molar-refractivity contribution in [2.75, 3.05) is 5.75 Å². The Labute approximate surface area is 107 Å². The van der Waals surface area contributed by atoms with Crippen LogP contribution in [0.15, 0.2) is 24.3 Å². The lowest BCUT2D eigenvalue weighted by atomic mass is 10.1. The summed E-state index contributed by atoms with van der Waals surface area (Å²) in [4.78, 5) is 21.0. The lowest BCUT2D eigenvalue weighted by Crippen LogP contribution is -2.05. The lowest BCUT2D eigenvalue weighted by Gasteiger charge is -2.03. The van der Waals surface area contributed by atoms with Gasteiger partial charge in [-0.2, -0.15) is 0 Å². The highest BCUT2D eigenvalue weighted by atomic mass is 32.2. The molecule has 18 heavy (non-hydrogen) atoms. The molecule has 0 spiro atoms. The van der Waals surface area contributed by atoms with Gasteiger partial charge in [-0.05, 0) is 24.1 Å². The summed E-state index contributed by atoms with van der Waals surface area (Å²) in [5.74, 6) is -1.36. The van der Waals surface area contributed by atoms with Gasteiger partial charge in [0, 0.05) is 28.7 Å². The van der Waals surface area contributed by atoms with Crippen LogP contribution in [0.3, 0.4) is 0 Å². The van der Waals surface area contributed by atoms with Crippen molar-refractivity contribution in [2.45, 2.75) is 18.6 Å². The van der Waals surface area contributed by atoms with Gasteiger partial charge in [-0.15, -0.1) is 0 Å².